The Morgan fingerprint density at radius 2 is 1.46 bits per heavy atom. The van der Waals surface area contributed by atoms with Crippen LogP contribution in [-0.4, -0.2) is 41.0 Å². The van der Waals surface area contributed by atoms with Crippen molar-refractivity contribution in [2.75, 3.05) is 19.7 Å². The molecular weight excluding hydrogens is 378 g/mol. The van der Waals surface area contributed by atoms with Crippen molar-refractivity contribution in [1.29, 1.82) is 0 Å². The second-order valence-corrected chi connectivity index (χ2v) is 7.36. The van der Waals surface area contributed by atoms with Gasteiger partial charge in [-0.3, -0.25) is 0 Å². The zero-order valence-corrected chi connectivity index (χ0v) is 18.0. The Morgan fingerprint density at radius 1 is 0.929 bits per heavy atom. The van der Waals surface area contributed by atoms with Crippen LogP contribution in [0.15, 0.2) is 18.2 Å². The molecule has 0 amide bonds. The van der Waals surface area contributed by atoms with Crippen molar-refractivity contribution in [1.82, 2.24) is 5.32 Å². The highest BCUT2D eigenvalue weighted by Gasteiger charge is 2.10. The van der Waals surface area contributed by atoms with Crippen LogP contribution < -0.4 is 5.32 Å². The van der Waals surface area contributed by atoms with Crippen molar-refractivity contribution in [3.8, 4) is 5.75 Å². The van der Waals surface area contributed by atoms with Gasteiger partial charge in [0.15, 0.2) is 0 Å². The van der Waals surface area contributed by atoms with Crippen molar-refractivity contribution in [2.45, 2.75) is 77.6 Å². The van der Waals surface area contributed by atoms with Gasteiger partial charge < -0.3 is 20.6 Å². The molecule has 0 bridgehead atoms. The lowest BCUT2D eigenvalue weighted by Gasteiger charge is -2.03. The molecule has 0 aliphatic carbocycles. The summed E-state index contributed by atoms with van der Waals surface area (Å²) in [5.74, 6) is -1.58. The van der Waals surface area contributed by atoms with Crippen LogP contribution in [0.5, 0.6) is 5.75 Å². The van der Waals surface area contributed by atoms with Gasteiger partial charge in [0.2, 0.25) is 0 Å². The van der Waals surface area contributed by atoms with E-state index < -0.39 is 5.97 Å². The Bertz CT molecular complexity index is 497. The summed E-state index contributed by atoms with van der Waals surface area (Å²) in [4.78, 5) is 10.4. The van der Waals surface area contributed by atoms with E-state index in [9.17, 15) is 4.79 Å². The van der Waals surface area contributed by atoms with Crippen LogP contribution in [0.2, 0.25) is 5.02 Å². The first-order valence-corrected chi connectivity index (χ1v) is 10.9. The standard InChI is InChI=1S/C15H33NO.C7H5ClO3/c1-2-3-4-5-6-7-8-9-10-11-12-13-16-14-15-17;8-5-3-1-2-4(6(5)9)7(10)11/h16-17H,2-15H2,1H3;1-3,9H,(H,10,11). The molecule has 0 aliphatic rings. The van der Waals surface area contributed by atoms with Crippen molar-refractivity contribution in [3.63, 3.8) is 0 Å². The van der Waals surface area contributed by atoms with Gasteiger partial charge in [0.05, 0.1) is 11.6 Å². The van der Waals surface area contributed by atoms with Gasteiger partial charge in [-0.25, -0.2) is 4.79 Å². The second-order valence-electron chi connectivity index (χ2n) is 6.95. The van der Waals surface area contributed by atoms with Crippen molar-refractivity contribution >= 4 is 17.6 Å². The zero-order valence-electron chi connectivity index (χ0n) is 17.3. The fourth-order valence-corrected chi connectivity index (χ4v) is 2.98. The second kappa shape index (κ2) is 19.0. The Kier molecular flexibility index (Phi) is 18.2. The third-order valence-electron chi connectivity index (χ3n) is 4.46. The number of hydrogen-bond donors (Lipinski definition) is 4. The molecular formula is C22H38ClNO4. The molecule has 1 rings (SSSR count). The molecule has 0 spiro atoms. The van der Waals surface area contributed by atoms with Gasteiger partial charge in [0.1, 0.15) is 11.3 Å². The molecule has 0 saturated heterocycles. The van der Waals surface area contributed by atoms with Crippen LogP contribution in [0.4, 0.5) is 0 Å². The lowest BCUT2D eigenvalue weighted by atomic mass is 10.1. The molecule has 0 aliphatic heterocycles. The molecule has 0 saturated carbocycles. The highest BCUT2D eigenvalue weighted by Crippen LogP contribution is 2.26. The molecule has 1 aromatic carbocycles. The van der Waals surface area contributed by atoms with Crippen molar-refractivity contribution in [2.24, 2.45) is 0 Å². The molecule has 0 unspecified atom stereocenters. The third kappa shape index (κ3) is 14.7. The Morgan fingerprint density at radius 3 is 1.93 bits per heavy atom. The van der Waals surface area contributed by atoms with E-state index in [0.29, 0.717) is 0 Å². The maximum atomic E-state index is 10.4. The van der Waals surface area contributed by atoms with E-state index in [-0.39, 0.29) is 22.9 Å². The topological polar surface area (TPSA) is 89.8 Å². The number of phenols is 1. The summed E-state index contributed by atoms with van der Waals surface area (Å²) in [5, 5.41) is 29.4. The number of unbranched alkanes of at least 4 members (excludes halogenated alkanes) is 10. The molecule has 4 N–H and O–H groups in total. The average Bonchev–Trinajstić information content (AvgIpc) is 2.68. The van der Waals surface area contributed by atoms with E-state index >= 15 is 0 Å². The average molecular weight is 416 g/mol. The number of carbonyl (C=O) groups is 1. The number of halogens is 1. The SMILES string of the molecule is CCCCCCCCCCCCCNCCO.O=C(O)c1cccc(Cl)c1O. The first kappa shape index (κ1) is 26.7. The Hall–Kier alpha value is -1.30. The van der Waals surface area contributed by atoms with Gasteiger partial charge in [-0.15, -0.1) is 0 Å². The maximum Gasteiger partial charge on any atom is 0.339 e. The summed E-state index contributed by atoms with van der Waals surface area (Å²) >= 11 is 5.44. The number of hydrogen-bond acceptors (Lipinski definition) is 4. The van der Waals surface area contributed by atoms with Gasteiger partial charge in [-0.1, -0.05) is 88.8 Å². The summed E-state index contributed by atoms with van der Waals surface area (Å²) in [5.41, 5.74) is -0.183. The van der Waals surface area contributed by atoms with E-state index in [1.54, 1.807) is 0 Å². The fraction of sp³-hybridized carbons (Fsp3) is 0.682. The van der Waals surface area contributed by atoms with Gasteiger partial charge in [0, 0.05) is 6.54 Å². The molecule has 1 aromatic rings. The highest BCUT2D eigenvalue weighted by molar-refractivity contribution is 6.32. The third-order valence-corrected chi connectivity index (χ3v) is 4.77. The van der Waals surface area contributed by atoms with Crippen LogP contribution >= 0.6 is 11.6 Å². The first-order chi connectivity index (χ1) is 13.5. The largest absolute Gasteiger partial charge is 0.505 e. The minimum atomic E-state index is -1.19. The number of nitrogens with one attached hydrogen (secondary N) is 1. The van der Waals surface area contributed by atoms with E-state index in [1.165, 1.54) is 88.8 Å². The summed E-state index contributed by atoms with van der Waals surface area (Å²) in [6.45, 7) is 4.35. The normalized spacial score (nSPS) is 10.4. The zero-order chi connectivity index (χ0) is 21.0. The number of aliphatic hydroxyl groups is 1. The van der Waals surface area contributed by atoms with Crippen LogP contribution in [0.1, 0.15) is 87.9 Å². The first-order valence-electron chi connectivity index (χ1n) is 10.6. The fourth-order valence-electron chi connectivity index (χ4n) is 2.81. The van der Waals surface area contributed by atoms with E-state index in [2.05, 4.69) is 12.2 Å². The minimum absolute atomic E-state index is 0.0462. The van der Waals surface area contributed by atoms with Crippen molar-refractivity contribution in [3.05, 3.63) is 28.8 Å². The predicted molar refractivity (Wildman–Crippen MR) is 116 cm³/mol. The molecule has 28 heavy (non-hydrogen) atoms. The van der Waals surface area contributed by atoms with E-state index in [1.807, 2.05) is 0 Å². The molecule has 0 radical (unpaired) electrons. The molecule has 0 heterocycles. The molecule has 162 valence electrons. The molecule has 5 nitrogen and oxygen atoms in total. The number of aromatic carboxylic acids is 1. The molecule has 0 atom stereocenters. The Balaban J connectivity index is 0.000000567. The van der Waals surface area contributed by atoms with E-state index in [4.69, 9.17) is 26.9 Å². The summed E-state index contributed by atoms with van der Waals surface area (Å²) in [6.07, 6.45) is 15.4. The number of aliphatic hydroxyl groups excluding tert-OH is 1. The summed E-state index contributed by atoms with van der Waals surface area (Å²) < 4.78 is 0. The van der Waals surface area contributed by atoms with Crippen LogP contribution in [-0.2, 0) is 0 Å². The smallest absolute Gasteiger partial charge is 0.339 e. The molecule has 6 heteroatoms. The van der Waals surface area contributed by atoms with Gasteiger partial charge >= 0.3 is 5.97 Å². The van der Waals surface area contributed by atoms with Gasteiger partial charge in [-0.2, -0.15) is 0 Å². The number of rotatable bonds is 15. The maximum absolute atomic E-state index is 10.4. The predicted octanol–water partition coefficient (Wildman–Crippen LogP) is 5.62. The number of carboxylic acid groups (broad SMARTS) is 1. The van der Waals surface area contributed by atoms with Gasteiger partial charge in [0.25, 0.3) is 0 Å². The van der Waals surface area contributed by atoms with Crippen LogP contribution in [0, 0.1) is 0 Å². The Labute approximate surface area is 175 Å². The highest BCUT2D eigenvalue weighted by atomic mass is 35.5. The van der Waals surface area contributed by atoms with Crippen LogP contribution in [0.3, 0.4) is 0 Å². The monoisotopic (exact) mass is 415 g/mol. The number of carboxylic acids is 1. The number of aromatic hydroxyl groups is 1. The molecule has 0 fully saturated rings. The number of para-hydroxylation sites is 1. The summed E-state index contributed by atoms with van der Waals surface area (Å²) in [6, 6.07) is 4.17. The number of benzene rings is 1. The molecule has 0 aromatic heterocycles. The van der Waals surface area contributed by atoms with Crippen molar-refractivity contribution < 1.29 is 20.1 Å². The lowest BCUT2D eigenvalue weighted by Crippen LogP contribution is -2.19. The quantitative estimate of drug-likeness (QED) is 0.279. The lowest BCUT2D eigenvalue weighted by molar-refractivity contribution is 0.0693. The minimum Gasteiger partial charge on any atom is -0.505 e. The summed E-state index contributed by atoms with van der Waals surface area (Å²) in [7, 11) is 0. The van der Waals surface area contributed by atoms with Crippen LogP contribution in [0.25, 0.3) is 0 Å². The van der Waals surface area contributed by atoms with Gasteiger partial charge in [-0.05, 0) is 25.1 Å². The van der Waals surface area contributed by atoms with E-state index in [0.717, 1.165) is 13.1 Å².